The summed E-state index contributed by atoms with van der Waals surface area (Å²) in [5.41, 5.74) is 9.03. The van der Waals surface area contributed by atoms with Crippen molar-refractivity contribution in [3.05, 3.63) is 43.0 Å². The lowest BCUT2D eigenvalue weighted by Crippen LogP contribution is -2.32. The van der Waals surface area contributed by atoms with Gasteiger partial charge in [0, 0.05) is 25.5 Å². The van der Waals surface area contributed by atoms with Gasteiger partial charge in [0.2, 0.25) is 0 Å². The van der Waals surface area contributed by atoms with Crippen LogP contribution in [0.25, 0.3) is 0 Å². The van der Waals surface area contributed by atoms with Crippen molar-refractivity contribution < 1.29 is 0 Å². The van der Waals surface area contributed by atoms with Crippen LogP contribution in [-0.2, 0) is 0 Å². The van der Waals surface area contributed by atoms with E-state index in [1.165, 1.54) is 0 Å². The van der Waals surface area contributed by atoms with Gasteiger partial charge in [-0.25, -0.2) is 0 Å². The third-order valence-corrected chi connectivity index (χ3v) is 3.08. The lowest BCUT2D eigenvalue weighted by molar-refractivity contribution is 0.817. The SMILES string of the molecule is NCCN1CN(c2cccnc2)c2ccncc21. The van der Waals surface area contributed by atoms with Gasteiger partial charge in [0.1, 0.15) is 0 Å². The second kappa shape index (κ2) is 4.62. The number of hydrogen-bond acceptors (Lipinski definition) is 5. The van der Waals surface area contributed by atoms with Crippen LogP contribution in [-0.4, -0.2) is 29.7 Å². The van der Waals surface area contributed by atoms with Crippen LogP contribution in [0, 0.1) is 0 Å². The van der Waals surface area contributed by atoms with Gasteiger partial charge in [0.25, 0.3) is 0 Å². The average Bonchev–Trinajstić information content (AvgIpc) is 2.80. The molecule has 2 aromatic heterocycles. The van der Waals surface area contributed by atoms with Crippen molar-refractivity contribution in [1.29, 1.82) is 0 Å². The first kappa shape index (κ1) is 11.0. The minimum atomic E-state index is 0.634. The number of nitrogens with two attached hydrogens (primary N) is 1. The molecule has 1 aliphatic heterocycles. The Balaban J connectivity index is 1.99. The summed E-state index contributed by atoms with van der Waals surface area (Å²) in [6, 6.07) is 6.03. The first-order valence-electron chi connectivity index (χ1n) is 5.97. The van der Waals surface area contributed by atoms with Crippen LogP contribution >= 0.6 is 0 Å². The van der Waals surface area contributed by atoms with Gasteiger partial charge in [-0.3, -0.25) is 9.97 Å². The van der Waals surface area contributed by atoms with Crippen molar-refractivity contribution in [2.45, 2.75) is 0 Å². The Bertz CT molecular complexity index is 528. The quantitative estimate of drug-likeness (QED) is 0.879. The number of hydrogen-bond donors (Lipinski definition) is 1. The van der Waals surface area contributed by atoms with E-state index in [2.05, 4.69) is 25.8 Å². The Kier molecular flexibility index (Phi) is 2.82. The zero-order chi connectivity index (χ0) is 12.4. The summed E-state index contributed by atoms with van der Waals surface area (Å²) in [7, 11) is 0. The van der Waals surface area contributed by atoms with Gasteiger partial charge in [0.15, 0.2) is 0 Å². The van der Waals surface area contributed by atoms with E-state index in [4.69, 9.17) is 5.73 Å². The Morgan fingerprint density at radius 3 is 2.78 bits per heavy atom. The summed E-state index contributed by atoms with van der Waals surface area (Å²) >= 11 is 0. The summed E-state index contributed by atoms with van der Waals surface area (Å²) in [4.78, 5) is 12.8. The van der Waals surface area contributed by atoms with E-state index in [-0.39, 0.29) is 0 Å². The molecule has 2 aromatic rings. The number of pyridine rings is 2. The number of fused-ring (bicyclic) bond motifs is 1. The highest BCUT2D eigenvalue weighted by Crippen LogP contribution is 2.38. The minimum Gasteiger partial charge on any atom is -0.349 e. The van der Waals surface area contributed by atoms with Crippen molar-refractivity contribution >= 4 is 17.1 Å². The van der Waals surface area contributed by atoms with Gasteiger partial charge in [-0.1, -0.05) is 0 Å². The first-order valence-corrected chi connectivity index (χ1v) is 5.97. The van der Waals surface area contributed by atoms with Crippen LogP contribution in [0.15, 0.2) is 43.0 Å². The van der Waals surface area contributed by atoms with E-state index in [1.807, 2.05) is 30.7 Å². The number of anilines is 3. The molecule has 0 radical (unpaired) electrons. The average molecular weight is 241 g/mol. The Morgan fingerprint density at radius 1 is 1.11 bits per heavy atom. The molecule has 1 aliphatic rings. The lowest BCUT2D eigenvalue weighted by Gasteiger charge is -2.20. The molecule has 92 valence electrons. The molecular weight excluding hydrogens is 226 g/mol. The van der Waals surface area contributed by atoms with Crippen LogP contribution in [0.4, 0.5) is 17.1 Å². The van der Waals surface area contributed by atoms with Gasteiger partial charge >= 0.3 is 0 Å². The topological polar surface area (TPSA) is 58.3 Å². The van der Waals surface area contributed by atoms with Crippen LogP contribution in [0.1, 0.15) is 0 Å². The summed E-state index contributed by atoms with van der Waals surface area (Å²) in [6.07, 6.45) is 7.36. The molecule has 2 N–H and O–H groups in total. The molecule has 0 bridgehead atoms. The highest BCUT2D eigenvalue weighted by atomic mass is 15.4. The molecule has 18 heavy (non-hydrogen) atoms. The molecule has 0 saturated carbocycles. The van der Waals surface area contributed by atoms with E-state index in [9.17, 15) is 0 Å². The summed E-state index contributed by atoms with van der Waals surface area (Å²) in [6.45, 7) is 2.26. The molecule has 0 aliphatic carbocycles. The smallest absolute Gasteiger partial charge is 0.0954 e. The zero-order valence-corrected chi connectivity index (χ0v) is 10.0. The van der Waals surface area contributed by atoms with Crippen LogP contribution in [0.5, 0.6) is 0 Å². The normalized spacial score (nSPS) is 13.8. The first-order chi connectivity index (χ1) is 8.90. The van der Waals surface area contributed by atoms with Gasteiger partial charge in [0.05, 0.1) is 36.1 Å². The summed E-state index contributed by atoms with van der Waals surface area (Å²) in [5, 5.41) is 0. The molecule has 3 rings (SSSR count). The lowest BCUT2D eigenvalue weighted by atomic mass is 10.3. The monoisotopic (exact) mass is 241 g/mol. The third-order valence-electron chi connectivity index (χ3n) is 3.08. The molecule has 0 aromatic carbocycles. The van der Waals surface area contributed by atoms with Crippen molar-refractivity contribution in [1.82, 2.24) is 9.97 Å². The second-order valence-corrected chi connectivity index (χ2v) is 4.20. The Morgan fingerprint density at radius 2 is 2.00 bits per heavy atom. The molecule has 3 heterocycles. The maximum absolute atomic E-state index is 5.66. The van der Waals surface area contributed by atoms with Gasteiger partial charge in [-0.2, -0.15) is 0 Å². The third kappa shape index (κ3) is 1.78. The molecular formula is C13H15N5. The predicted molar refractivity (Wildman–Crippen MR) is 71.9 cm³/mol. The maximum Gasteiger partial charge on any atom is 0.0954 e. The Hall–Kier alpha value is -2.14. The van der Waals surface area contributed by atoms with Crippen molar-refractivity contribution in [3.8, 4) is 0 Å². The molecule has 0 amide bonds. The standard InChI is InChI=1S/C13H15N5/c14-4-7-17-10-18(11-2-1-5-15-8-11)12-3-6-16-9-13(12)17/h1-3,5-6,8-9H,4,7,10,14H2. The number of nitrogens with zero attached hydrogens (tertiary/aromatic N) is 4. The number of rotatable bonds is 3. The molecule has 0 fully saturated rings. The van der Waals surface area contributed by atoms with Gasteiger partial charge in [-0.15, -0.1) is 0 Å². The Labute approximate surface area is 106 Å². The van der Waals surface area contributed by atoms with Crippen molar-refractivity contribution in [2.24, 2.45) is 5.73 Å². The van der Waals surface area contributed by atoms with Gasteiger partial charge < -0.3 is 15.5 Å². The van der Waals surface area contributed by atoms with E-state index in [0.29, 0.717) is 6.54 Å². The van der Waals surface area contributed by atoms with Crippen LogP contribution < -0.4 is 15.5 Å². The highest BCUT2D eigenvalue weighted by Gasteiger charge is 2.26. The zero-order valence-electron chi connectivity index (χ0n) is 10.0. The van der Waals surface area contributed by atoms with Crippen molar-refractivity contribution in [3.63, 3.8) is 0 Å². The summed E-state index contributed by atoms with van der Waals surface area (Å²) in [5.74, 6) is 0. The van der Waals surface area contributed by atoms with Crippen molar-refractivity contribution in [2.75, 3.05) is 29.6 Å². The molecule has 0 unspecified atom stereocenters. The molecule has 0 spiro atoms. The van der Waals surface area contributed by atoms with E-state index in [1.54, 1.807) is 6.20 Å². The van der Waals surface area contributed by atoms with E-state index < -0.39 is 0 Å². The van der Waals surface area contributed by atoms with Gasteiger partial charge in [-0.05, 0) is 18.2 Å². The fourth-order valence-electron chi connectivity index (χ4n) is 2.25. The van der Waals surface area contributed by atoms with E-state index in [0.717, 1.165) is 30.3 Å². The molecule has 5 nitrogen and oxygen atoms in total. The molecule has 5 heteroatoms. The minimum absolute atomic E-state index is 0.634. The fraction of sp³-hybridized carbons (Fsp3) is 0.231. The molecule has 0 saturated heterocycles. The predicted octanol–water partition coefficient (Wildman–Crippen LogP) is 1.35. The highest BCUT2D eigenvalue weighted by molar-refractivity contribution is 5.81. The summed E-state index contributed by atoms with van der Waals surface area (Å²) < 4.78 is 0. The van der Waals surface area contributed by atoms with Crippen LogP contribution in [0.3, 0.4) is 0 Å². The molecule has 0 atom stereocenters. The van der Waals surface area contributed by atoms with E-state index >= 15 is 0 Å². The maximum atomic E-state index is 5.66. The fourth-order valence-corrected chi connectivity index (χ4v) is 2.25. The largest absolute Gasteiger partial charge is 0.349 e. The second-order valence-electron chi connectivity index (χ2n) is 4.20. The number of aromatic nitrogens is 2. The van der Waals surface area contributed by atoms with Crippen LogP contribution in [0.2, 0.25) is 0 Å².